The van der Waals surface area contributed by atoms with E-state index >= 15 is 0 Å². The highest BCUT2D eigenvalue weighted by molar-refractivity contribution is 9.09. The fourth-order valence-corrected chi connectivity index (χ4v) is 1.52. The first kappa shape index (κ1) is 8.59. The van der Waals surface area contributed by atoms with E-state index in [-0.39, 0.29) is 5.56 Å². The van der Waals surface area contributed by atoms with Crippen LogP contribution in [0.2, 0.25) is 0 Å². The van der Waals surface area contributed by atoms with Crippen LogP contribution in [0.25, 0.3) is 0 Å². The van der Waals surface area contributed by atoms with E-state index in [1.54, 1.807) is 7.05 Å². The molecule has 4 heteroatoms. The minimum Gasteiger partial charge on any atom is -0.300 e. The minimum absolute atomic E-state index is 0.0851. The Morgan fingerprint density at radius 2 is 2.27 bits per heavy atom. The number of H-pyrrole nitrogens is 1. The lowest BCUT2D eigenvalue weighted by atomic mass is 10.2. The van der Waals surface area contributed by atoms with Crippen molar-refractivity contribution in [3.05, 3.63) is 21.6 Å². The van der Waals surface area contributed by atoms with Crippen molar-refractivity contribution in [1.82, 2.24) is 9.78 Å². The molecule has 1 N–H and O–H groups in total. The quantitative estimate of drug-likeness (QED) is 0.739. The molecule has 0 aromatic carbocycles. The zero-order valence-corrected chi connectivity index (χ0v) is 8.23. The van der Waals surface area contributed by atoms with Crippen molar-refractivity contribution in [3.63, 3.8) is 0 Å². The molecule has 11 heavy (non-hydrogen) atoms. The summed E-state index contributed by atoms with van der Waals surface area (Å²) in [5.74, 6) is 0. The van der Waals surface area contributed by atoms with Gasteiger partial charge < -0.3 is 0 Å². The van der Waals surface area contributed by atoms with Crippen LogP contribution in [0.1, 0.15) is 11.3 Å². The van der Waals surface area contributed by atoms with Crippen molar-refractivity contribution in [1.29, 1.82) is 0 Å². The Bertz CT molecular complexity index is 300. The molecule has 1 aromatic rings. The number of nitrogens with zero attached hydrogens (tertiary/aromatic N) is 1. The van der Waals surface area contributed by atoms with Gasteiger partial charge in [0, 0.05) is 23.6 Å². The second-order valence-electron chi connectivity index (χ2n) is 2.52. The van der Waals surface area contributed by atoms with Crippen molar-refractivity contribution < 1.29 is 0 Å². The predicted molar refractivity (Wildman–Crippen MR) is 48.3 cm³/mol. The molecule has 0 radical (unpaired) electrons. The molecule has 0 saturated heterocycles. The topological polar surface area (TPSA) is 37.8 Å². The molecule has 0 saturated carbocycles. The van der Waals surface area contributed by atoms with E-state index in [1.165, 1.54) is 4.68 Å². The Hall–Kier alpha value is -0.510. The molecule has 62 valence electrons. The highest BCUT2D eigenvalue weighted by Crippen LogP contribution is 2.00. The smallest absolute Gasteiger partial charge is 0.269 e. The van der Waals surface area contributed by atoms with Crippen molar-refractivity contribution in [2.75, 3.05) is 5.33 Å². The van der Waals surface area contributed by atoms with E-state index in [0.717, 1.165) is 23.0 Å². The first-order valence-electron chi connectivity index (χ1n) is 3.47. The van der Waals surface area contributed by atoms with Crippen LogP contribution in [0.4, 0.5) is 0 Å². The lowest BCUT2D eigenvalue weighted by molar-refractivity contribution is 0.730. The summed E-state index contributed by atoms with van der Waals surface area (Å²) in [4.78, 5) is 11.3. The normalized spacial score (nSPS) is 10.5. The average Bonchev–Trinajstić information content (AvgIpc) is 2.17. The molecule has 0 amide bonds. The van der Waals surface area contributed by atoms with E-state index in [2.05, 4.69) is 21.0 Å². The van der Waals surface area contributed by atoms with Crippen LogP contribution in [-0.2, 0) is 13.5 Å². The number of halogens is 1. The Kier molecular flexibility index (Phi) is 2.54. The summed E-state index contributed by atoms with van der Waals surface area (Å²) in [7, 11) is 1.73. The van der Waals surface area contributed by atoms with Crippen LogP contribution in [0.5, 0.6) is 0 Å². The maximum Gasteiger partial charge on any atom is 0.269 e. The highest BCUT2D eigenvalue weighted by Gasteiger charge is 2.06. The second kappa shape index (κ2) is 3.26. The fourth-order valence-electron chi connectivity index (χ4n) is 1.12. The number of aromatic nitrogens is 2. The van der Waals surface area contributed by atoms with Gasteiger partial charge in [0.25, 0.3) is 5.56 Å². The van der Waals surface area contributed by atoms with Gasteiger partial charge in [0.1, 0.15) is 0 Å². The van der Waals surface area contributed by atoms with Gasteiger partial charge in [0.15, 0.2) is 0 Å². The fraction of sp³-hybridized carbons (Fsp3) is 0.571. The molecule has 0 unspecified atom stereocenters. The number of alkyl halides is 1. The second-order valence-corrected chi connectivity index (χ2v) is 3.31. The third-order valence-electron chi connectivity index (χ3n) is 1.70. The molecule has 1 heterocycles. The molecule has 0 atom stereocenters. The van der Waals surface area contributed by atoms with Crippen molar-refractivity contribution in [2.45, 2.75) is 13.3 Å². The van der Waals surface area contributed by atoms with Crippen molar-refractivity contribution >= 4 is 15.9 Å². The molecular weight excluding hydrogens is 208 g/mol. The predicted octanol–water partition coefficient (Wildman–Crippen LogP) is 0.959. The minimum atomic E-state index is 0.0851. The maximum absolute atomic E-state index is 11.3. The molecule has 0 fully saturated rings. The van der Waals surface area contributed by atoms with E-state index in [0.29, 0.717) is 0 Å². The third kappa shape index (κ3) is 1.56. The van der Waals surface area contributed by atoms with Gasteiger partial charge in [-0.25, -0.2) is 0 Å². The SMILES string of the molecule is Cc1[nH]n(C)c(=O)c1CCBr. The molecule has 1 aromatic heterocycles. The van der Waals surface area contributed by atoms with Crippen LogP contribution >= 0.6 is 15.9 Å². The van der Waals surface area contributed by atoms with Gasteiger partial charge >= 0.3 is 0 Å². The van der Waals surface area contributed by atoms with Gasteiger partial charge in [-0.3, -0.25) is 14.6 Å². The van der Waals surface area contributed by atoms with E-state index in [4.69, 9.17) is 0 Å². The monoisotopic (exact) mass is 218 g/mol. The number of hydrogen-bond acceptors (Lipinski definition) is 1. The summed E-state index contributed by atoms with van der Waals surface area (Å²) in [6.07, 6.45) is 0.794. The largest absolute Gasteiger partial charge is 0.300 e. The van der Waals surface area contributed by atoms with Gasteiger partial charge in [-0.1, -0.05) is 15.9 Å². The van der Waals surface area contributed by atoms with Gasteiger partial charge in [-0.05, 0) is 13.3 Å². The van der Waals surface area contributed by atoms with Crippen LogP contribution < -0.4 is 5.56 Å². The Balaban J connectivity index is 3.12. The lowest BCUT2D eigenvalue weighted by Gasteiger charge is -1.89. The molecule has 3 nitrogen and oxygen atoms in total. The van der Waals surface area contributed by atoms with Crippen molar-refractivity contribution in [3.8, 4) is 0 Å². The Labute approximate surface area is 73.5 Å². The lowest BCUT2D eigenvalue weighted by Crippen LogP contribution is -2.15. The number of nitrogens with one attached hydrogen (secondary N) is 1. The van der Waals surface area contributed by atoms with Gasteiger partial charge in [-0.15, -0.1) is 0 Å². The molecule has 0 aliphatic heterocycles. The molecule has 0 spiro atoms. The molecular formula is C7H11BrN2O. The summed E-state index contributed by atoms with van der Waals surface area (Å²) < 4.78 is 1.51. The number of aromatic amines is 1. The Morgan fingerprint density at radius 1 is 1.64 bits per heavy atom. The van der Waals surface area contributed by atoms with Crippen LogP contribution in [0, 0.1) is 6.92 Å². The molecule has 0 bridgehead atoms. The number of rotatable bonds is 2. The van der Waals surface area contributed by atoms with E-state index < -0.39 is 0 Å². The van der Waals surface area contributed by atoms with Gasteiger partial charge in [0.05, 0.1) is 0 Å². The van der Waals surface area contributed by atoms with Crippen LogP contribution in [0.3, 0.4) is 0 Å². The summed E-state index contributed by atoms with van der Waals surface area (Å²) in [6.45, 7) is 1.92. The third-order valence-corrected chi connectivity index (χ3v) is 2.09. The molecule has 0 aliphatic carbocycles. The maximum atomic E-state index is 11.3. The van der Waals surface area contributed by atoms with Crippen LogP contribution in [-0.4, -0.2) is 15.1 Å². The summed E-state index contributed by atoms with van der Waals surface area (Å²) in [6, 6.07) is 0. The summed E-state index contributed by atoms with van der Waals surface area (Å²) in [5.41, 5.74) is 1.93. The van der Waals surface area contributed by atoms with Gasteiger partial charge in [0.2, 0.25) is 0 Å². The first-order chi connectivity index (χ1) is 5.16. The number of hydrogen-bond donors (Lipinski definition) is 1. The Morgan fingerprint density at radius 3 is 2.64 bits per heavy atom. The average molecular weight is 219 g/mol. The van der Waals surface area contributed by atoms with E-state index in [9.17, 15) is 4.79 Å². The number of aryl methyl sites for hydroxylation is 2. The van der Waals surface area contributed by atoms with Crippen LogP contribution in [0.15, 0.2) is 4.79 Å². The highest BCUT2D eigenvalue weighted by atomic mass is 79.9. The summed E-state index contributed by atoms with van der Waals surface area (Å²) in [5, 5.41) is 3.78. The van der Waals surface area contributed by atoms with Gasteiger partial charge in [-0.2, -0.15) is 0 Å². The van der Waals surface area contributed by atoms with Crippen molar-refractivity contribution in [2.24, 2.45) is 7.05 Å². The summed E-state index contributed by atoms with van der Waals surface area (Å²) >= 11 is 3.30. The van der Waals surface area contributed by atoms with E-state index in [1.807, 2.05) is 6.92 Å². The zero-order valence-electron chi connectivity index (χ0n) is 6.65. The molecule has 1 rings (SSSR count). The first-order valence-corrected chi connectivity index (χ1v) is 4.59. The zero-order chi connectivity index (χ0) is 8.43. The molecule has 0 aliphatic rings. The standard InChI is InChI=1S/C7H11BrN2O/c1-5-6(3-4-8)7(11)10(2)9-5/h9H,3-4H2,1-2H3.